The zero-order valence-corrected chi connectivity index (χ0v) is 13.0. The Balaban J connectivity index is 1.53. The maximum absolute atomic E-state index is 12.2. The number of carbonyl (C=O) groups excluding carboxylic acids is 2. The number of H-pyrrole nitrogens is 1. The van der Waals surface area contributed by atoms with E-state index < -0.39 is 0 Å². The Hall–Kier alpha value is -2.40. The predicted octanol–water partition coefficient (Wildman–Crippen LogP) is 1.98. The van der Waals surface area contributed by atoms with E-state index in [1.165, 1.54) is 6.42 Å². The van der Waals surface area contributed by atoms with Crippen molar-refractivity contribution in [2.24, 2.45) is 5.92 Å². The Morgan fingerprint density at radius 3 is 2.52 bits per heavy atom. The van der Waals surface area contributed by atoms with Crippen LogP contribution in [0.25, 0.3) is 0 Å². The molecule has 0 spiro atoms. The lowest BCUT2D eigenvalue weighted by atomic mass is 10.0. The summed E-state index contributed by atoms with van der Waals surface area (Å²) in [5, 5.41) is 6.27. The highest BCUT2D eigenvalue weighted by Crippen LogP contribution is 2.12. The van der Waals surface area contributed by atoms with Crippen molar-refractivity contribution in [3.8, 4) is 0 Å². The summed E-state index contributed by atoms with van der Waals surface area (Å²) in [5.41, 5.74) is 1.78. The van der Waals surface area contributed by atoms with Crippen LogP contribution in [0.1, 0.15) is 39.1 Å². The highest BCUT2D eigenvalue weighted by Gasteiger charge is 2.15. The summed E-state index contributed by atoms with van der Waals surface area (Å²) in [6, 6.07) is 8.54. The van der Waals surface area contributed by atoms with Crippen LogP contribution >= 0.6 is 0 Å². The van der Waals surface area contributed by atoms with Crippen LogP contribution < -0.4 is 10.6 Å². The van der Waals surface area contributed by atoms with Gasteiger partial charge in [0.05, 0.1) is 0 Å². The van der Waals surface area contributed by atoms with E-state index in [2.05, 4.69) is 15.6 Å². The molecule has 2 aromatic rings. The van der Waals surface area contributed by atoms with Crippen LogP contribution in [0.3, 0.4) is 0 Å². The largest absolute Gasteiger partial charge is 0.367 e. The summed E-state index contributed by atoms with van der Waals surface area (Å²) >= 11 is 0. The Labute approximate surface area is 135 Å². The van der Waals surface area contributed by atoms with Gasteiger partial charge in [0.1, 0.15) is 0 Å². The number of aromatic nitrogens is 1. The van der Waals surface area contributed by atoms with E-state index in [1.54, 1.807) is 42.7 Å². The number of nitrogens with one attached hydrogen (secondary N) is 3. The Kier molecular flexibility index (Phi) is 4.88. The molecular weight excluding hydrogens is 290 g/mol. The number of benzene rings is 1. The number of amides is 1. The monoisotopic (exact) mass is 311 g/mol. The molecular formula is C18H21N3O2. The Morgan fingerprint density at radius 1 is 1.09 bits per heavy atom. The normalized spacial score (nSPS) is 17.1. The minimum absolute atomic E-state index is 0.0491. The predicted molar refractivity (Wildman–Crippen MR) is 88.6 cm³/mol. The van der Waals surface area contributed by atoms with Crippen molar-refractivity contribution >= 4 is 11.7 Å². The van der Waals surface area contributed by atoms with Gasteiger partial charge in [0.25, 0.3) is 5.91 Å². The molecule has 5 nitrogen and oxygen atoms in total. The third-order valence-electron chi connectivity index (χ3n) is 4.27. The minimum Gasteiger partial charge on any atom is -0.367 e. The smallest absolute Gasteiger partial charge is 0.251 e. The summed E-state index contributed by atoms with van der Waals surface area (Å²) in [6.07, 6.45) is 5.57. The molecule has 0 bridgehead atoms. The molecule has 1 aromatic heterocycles. The lowest BCUT2D eigenvalue weighted by molar-refractivity contribution is 0.0950. The summed E-state index contributed by atoms with van der Waals surface area (Å²) in [4.78, 5) is 27.2. The second-order valence-electron chi connectivity index (χ2n) is 5.91. The maximum atomic E-state index is 12.2. The van der Waals surface area contributed by atoms with Crippen molar-refractivity contribution in [2.45, 2.75) is 12.8 Å². The molecule has 1 aliphatic heterocycles. The van der Waals surface area contributed by atoms with E-state index >= 15 is 0 Å². The van der Waals surface area contributed by atoms with Gasteiger partial charge in [0.2, 0.25) is 0 Å². The van der Waals surface area contributed by atoms with Crippen molar-refractivity contribution in [2.75, 3.05) is 19.6 Å². The molecule has 3 N–H and O–H groups in total. The van der Waals surface area contributed by atoms with E-state index in [9.17, 15) is 9.59 Å². The zero-order valence-electron chi connectivity index (χ0n) is 13.0. The van der Waals surface area contributed by atoms with E-state index in [0.29, 0.717) is 29.2 Å². The SMILES string of the molecule is O=C(NCCC1CCNC1)c1ccc(C(=O)c2cc[nH]c2)cc1. The molecule has 5 heteroatoms. The fourth-order valence-corrected chi connectivity index (χ4v) is 2.86. The van der Waals surface area contributed by atoms with E-state index in [1.807, 2.05) is 0 Å². The first-order valence-corrected chi connectivity index (χ1v) is 8.00. The van der Waals surface area contributed by atoms with Gasteiger partial charge in [-0.15, -0.1) is 0 Å². The van der Waals surface area contributed by atoms with Gasteiger partial charge in [0.15, 0.2) is 5.78 Å². The van der Waals surface area contributed by atoms with Crippen molar-refractivity contribution in [1.29, 1.82) is 0 Å². The third-order valence-corrected chi connectivity index (χ3v) is 4.27. The Morgan fingerprint density at radius 2 is 1.87 bits per heavy atom. The quantitative estimate of drug-likeness (QED) is 0.714. The fraction of sp³-hybridized carbons (Fsp3) is 0.333. The molecule has 1 amide bonds. The van der Waals surface area contributed by atoms with Gasteiger partial charge in [-0.25, -0.2) is 0 Å². The van der Waals surface area contributed by atoms with Crippen LogP contribution in [0, 0.1) is 5.92 Å². The maximum Gasteiger partial charge on any atom is 0.251 e. The molecule has 1 fully saturated rings. The van der Waals surface area contributed by atoms with Crippen molar-refractivity contribution < 1.29 is 9.59 Å². The average Bonchev–Trinajstić information content (AvgIpc) is 3.28. The van der Waals surface area contributed by atoms with Gasteiger partial charge in [-0.1, -0.05) is 12.1 Å². The van der Waals surface area contributed by atoms with Crippen LogP contribution in [0.2, 0.25) is 0 Å². The number of hydrogen-bond donors (Lipinski definition) is 3. The second kappa shape index (κ2) is 7.24. The molecule has 1 aliphatic rings. The molecule has 3 rings (SSSR count). The first-order valence-electron chi connectivity index (χ1n) is 8.00. The van der Waals surface area contributed by atoms with Gasteiger partial charge in [-0.3, -0.25) is 9.59 Å². The molecule has 2 heterocycles. The molecule has 1 saturated heterocycles. The highest BCUT2D eigenvalue weighted by atomic mass is 16.1. The summed E-state index contributed by atoms with van der Waals surface area (Å²) in [7, 11) is 0. The zero-order chi connectivity index (χ0) is 16.1. The number of aromatic amines is 1. The number of ketones is 1. The second-order valence-corrected chi connectivity index (χ2v) is 5.91. The number of hydrogen-bond acceptors (Lipinski definition) is 3. The van der Waals surface area contributed by atoms with E-state index in [0.717, 1.165) is 19.5 Å². The molecule has 0 aliphatic carbocycles. The molecule has 1 unspecified atom stereocenters. The Bertz CT molecular complexity index is 656. The molecule has 23 heavy (non-hydrogen) atoms. The van der Waals surface area contributed by atoms with Crippen molar-refractivity contribution in [1.82, 2.24) is 15.6 Å². The number of rotatable bonds is 6. The van der Waals surface area contributed by atoms with Crippen LogP contribution in [-0.2, 0) is 0 Å². The molecule has 1 atom stereocenters. The molecule has 1 aromatic carbocycles. The summed E-state index contributed by atoms with van der Waals surface area (Å²) < 4.78 is 0. The average molecular weight is 311 g/mol. The van der Waals surface area contributed by atoms with Gasteiger partial charge in [-0.05, 0) is 50.0 Å². The highest BCUT2D eigenvalue weighted by molar-refractivity contribution is 6.09. The van der Waals surface area contributed by atoms with E-state index in [-0.39, 0.29) is 11.7 Å². The van der Waals surface area contributed by atoms with Crippen LogP contribution in [-0.4, -0.2) is 36.3 Å². The van der Waals surface area contributed by atoms with Crippen LogP contribution in [0.5, 0.6) is 0 Å². The van der Waals surface area contributed by atoms with E-state index in [4.69, 9.17) is 0 Å². The van der Waals surface area contributed by atoms with Gasteiger partial charge in [0, 0.05) is 35.6 Å². The minimum atomic E-state index is -0.0865. The summed E-state index contributed by atoms with van der Waals surface area (Å²) in [6.45, 7) is 2.82. The standard InChI is InChI=1S/C18H21N3O2/c22-17(16-7-9-20-12-16)14-1-3-15(4-2-14)18(23)21-10-6-13-5-8-19-11-13/h1-4,7,9,12-13,19-20H,5-6,8,10-11H2,(H,21,23). The molecule has 0 radical (unpaired) electrons. The van der Waals surface area contributed by atoms with Crippen molar-refractivity contribution in [3.63, 3.8) is 0 Å². The first-order chi connectivity index (χ1) is 11.2. The van der Waals surface area contributed by atoms with Gasteiger partial charge < -0.3 is 15.6 Å². The van der Waals surface area contributed by atoms with Crippen LogP contribution in [0.4, 0.5) is 0 Å². The van der Waals surface area contributed by atoms with Gasteiger partial charge in [-0.2, -0.15) is 0 Å². The summed E-state index contributed by atoms with van der Waals surface area (Å²) in [5.74, 6) is 0.528. The van der Waals surface area contributed by atoms with Gasteiger partial charge >= 0.3 is 0 Å². The fourth-order valence-electron chi connectivity index (χ4n) is 2.86. The van der Waals surface area contributed by atoms with Crippen molar-refractivity contribution in [3.05, 3.63) is 59.4 Å². The number of carbonyl (C=O) groups is 2. The lowest BCUT2D eigenvalue weighted by Gasteiger charge is -2.09. The topological polar surface area (TPSA) is 74.0 Å². The third kappa shape index (κ3) is 3.87. The molecule has 0 saturated carbocycles. The lowest BCUT2D eigenvalue weighted by Crippen LogP contribution is -2.26. The van der Waals surface area contributed by atoms with Crippen LogP contribution in [0.15, 0.2) is 42.7 Å². The first kappa shape index (κ1) is 15.5. The molecule has 120 valence electrons.